The van der Waals surface area contributed by atoms with Crippen LogP contribution in [0.25, 0.3) is 10.9 Å². The van der Waals surface area contributed by atoms with Crippen molar-refractivity contribution in [2.24, 2.45) is 0 Å². The molecule has 16 heavy (non-hydrogen) atoms. The monoisotopic (exact) mass is 237 g/mol. The number of benzene rings is 1. The number of para-hydroxylation sites is 1. The molecule has 0 radical (unpaired) electrons. The number of H-pyrrole nitrogens is 1. The van der Waals surface area contributed by atoms with E-state index in [9.17, 15) is 0 Å². The lowest BCUT2D eigenvalue weighted by atomic mass is 10.0. The van der Waals surface area contributed by atoms with Crippen LogP contribution in [0.3, 0.4) is 0 Å². The van der Waals surface area contributed by atoms with E-state index in [2.05, 4.69) is 46.1 Å². The van der Waals surface area contributed by atoms with Gasteiger partial charge in [0.1, 0.15) is 0 Å². The lowest BCUT2D eigenvalue weighted by Crippen LogP contribution is -2.42. The van der Waals surface area contributed by atoms with Crippen molar-refractivity contribution in [3.63, 3.8) is 0 Å². The van der Waals surface area contributed by atoms with E-state index in [1.54, 1.807) is 0 Å². The van der Waals surface area contributed by atoms with E-state index >= 15 is 0 Å². The fourth-order valence-electron chi connectivity index (χ4n) is 2.26. The Morgan fingerprint density at radius 3 is 2.81 bits per heavy atom. The Labute approximate surface area is 101 Å². The van der Waals surface area contributed by atoms with Gasteiger partial charge in [0.25, 0.3) is 0 Å². The first kappa shape index (κ1) is 11.5. The molecular formula is C12H16ClN3. The first-order valence-corrected chi connectivity index (χ1v) is 5.45. The van der Waals surface area contributed by atoms with Crippen LogP contribution in [0.1, 0.15) is 11.6 Å². The Morgan fingerprint density at radius 1 is 1.12 bits per heavy atom. The van der Waals surface area contributed by atoms with Gasteiger partial charge in [-0.2, -0.15) is 0 Å². The van der Waals surface area contributed by atoms with Gasteiger partial charge in [0.15, 0.2) is 0 Å². The first-order chi connectivity index (χ1) is 7.45. The molecule has 1 aliphatic rings. The molecule has 1 atom stereocenters. The van der Waals surface area contributed by atoms with Gasteiger partial charge in [-0.15, -0.1) is 12.4 Å². The second kappa shape index (κ2) is 4.87. The summed E-state index contributed by atoms with van der Waals surface area (Å²) < 4.78 is 0. The normalized spacial score (nSPS) is 20.6. The molecule has 1 aliphatic heterocycles. The van der Waals surface area contributed by atoms with Crippen molar-refractivity contribution in [2.45, 2.75) is 6.04 Å². The molecule has 1 fully saturated rings. The third-order valence-electron chi connectivity index (χ3n) is 3.04. The number of fused-ring (bicyclic) bond motifs is 1. The van der Waals surface area contributed by atoms with Crippen molar-refractivity contribution in [2.75, 3.05) is 19.6 Å². The van der Waals surface area contributed by atoms with Gasteiger partial charge in [0.05, 0.1) is 0 Å². The summed E-state index contributed by atoms with van der Waals surface area (Å²) in [5.41, 5.74) is 2.60. The van der Waals surface area contributed by atoms with Crippen LogP contribution in [0.2, 0.25) is 0 Å². The van der Waals surface area contributed by atoms with Crippen LogP contribution in [0.15, 0.2) is 30.5 Å². The second-order valence-electron chi connectivity index (χ2n) is 4.00. The fourth-order valence-corrected chi connectivity index (χ4v) is 2.26. The van der Waals surface area contributed by atoms with E-state index in [-0.39, 0.29) is 12.4 Å². The molecule has 2 heterocycles. The number of aromatic nitrogens is 1. The van der Waals surface area contributed by atoms with Gasteiger partial charge >= 0.3 is 0 Å². The summed E-state index contributed by atoms with van der Waals surface area (Å²) in [7, 11) is 0. The fraction of sp³-hybridized carbons (Fsp3) is 0.333. The van der Waals surface area contributed by atoms with Crippen molar-refractivity contribution in [3.8, 4) is 0 Å². The molecule has 0 aliphatic carbocycles. The van der Waals surface area contributed by atoms with Gasteiger partial charge in [-0.25, -0.2) is 0 Å². The largest absolute Gasteiger partial charge is 0.361 e. The van der Waals surface area contributed by atoms with Crippen molar-refractivity contribution in [3.05, 3.63) is 36.0 Å². The molecule has 3 N–H and O–H groups in total. The van der Waals surface area contributed by atoms with Crippen LogP contribution < -0.4 is 10.6 Å². The van der Waals surface area contributed by atoms with Gasteiger partial charge in [0.2, 0.25) is 0 Å². The summed E-state index contributed by atoms with van der Waals surface area (Å²) >= 11 is 0. The van der Waals surface area contributed by atoms with Gasteiger partial charge < -0.3 is 15.6 Å². The molecule has 86 valence electrons. The molecule has 0 amide bonds. The summed E-state index contributed by atoms with van der Waals surface area (Å²) in [5.74, 6) is 0. The van der Waals surface area contributed by atoms with Crippen LogP contribution in [-0.2, 0) is 0 Å². The number of piperazine rings is 1. The topological polar surface area (TPSA) is 39.8 Å². The summed E-state index contributed by atoms with van der Waals surface area (Å²) in [6.07, 6.45) is 2.12. The van der Waals surface area contributed by atoms with E-state index in [0.29, 0.717) is 6.04 Å². The van der Waals surface area contributed by atoms with E-state index in [1.807, 2.05) is 0 Å². The summed E-state index contributed by atoms with van der Waals surface area (Å²) in [6.45, 7) is 3.13. The van der Waals surface area contributed by atoms with Crippen molar-refractivity contribution in [1.82, 2.24) is 15.6 Å². The molecule has 2 aromatic rings. The van der Waals surface area contributed by atoms with E-state index in [0.717, 1.165) is 19.6 Å². The molecule has 1 aromatic heterocycles. The maximum atomic E-state index is 3.53. The standard InChI is InChI=1S/C12H15N3.ClH/c1-2-4-11-9(3-1)10(7-15-11)12-8-13-5-6-14-12;/h1-4,7,12-15H,5-6,8H2;1H/t12-;/m0./s1. The Hall–Kier alpha value is -1.03. The van der Waals surface area contributed by atoms with Gasteiger partial charge in [-0.1, -0.05) is 18.2 Å². The predicted molar refractivity (Wildman–Crippen MR) is 69.2 cm³/mol. The Kier molecular flexibility index (Phi) is 3.49. The van der Waals surface area contributed by atoms with Gasteiger partial charge in [0, 0.05) is 42.8 Å². The van der Waals surface area contributed by atoms with Crippen molar-refractivity contribution in [1.29, 1.82) is 0 Å². The average Bonchev–Trinajstić information content (AvgIpc) is 2.74. The maximum Gasteiger partial charge on any atom is 0.0468 e. The second-order valence-corrected chi connectivity index (χ2v) is 4.00. The molecule has 3 nitrogen and oxygen atoms in total. The summed E-state index contributed by atoms with van der Waals surface area (Å²) in [6, 6.07) is 8.90. The molecule has 0 spiro atoms. The smallest absolute Gasteiger partial charge is 0.0468 e. The first-order valence-electron chi connectivity index (χ1n) is 5.45. The number of aromatic amines is 1. The molecule has 3 rings (SSSR count). The Morgan fingerprint density at radius 2 is 2.00 bits per heavy atom. The quantitative estimate of drug-likeness (QED) is 0.708. The number of halogens is 1. The van der Waals surface area contributed by atoms with E-state index in [4.69, 9.17) is 0 Å². The minimum absolute atomic E-state index is 0. The zero-order valence-electron chi connectivity index (χ0n) is 8.99. The molecule has 1 saturated heterocycles. The summed E-state index contributed by atoms with van der Waals surface area (Å²) in [4.78, 5) is 3.32. The lowest BCUT2D eigenvalue weighted by molar-refractivity contribution is 0.432. The summed E-state index contributed by atoms with van der Waals surface area (Å²) in [5, 5.41) is 8.27. The molecule has 0 unspecified atom stereocenters. The highest BCUT2D eigenvalue weighted by Gasteiger charge is 2.17. The number of nitrogens with one attached hydrogen (secondary N) is 3. The maximum absolute atomic E-state index is 3.53. The highest BCUT2D eigenvalue weighted by Crippen LogP contribution is 2.24. The number of hydrogen-bond acceptors (Lipinski definition) is 2. The molecule has 0 bridgehead atoms. The van der Waals surface area contributed by atoms with Crippen LogP contribution >= 0.6 is 12.4 Å². The third-order valence-corrected chi connectivity index (χ3v) is 3.04. The average molecular weight is 238 g/mol. The Balaban J connectivity index is 0.000000963. The van der Waals surface area contributed by atoms with Crippen molar-refractivity contribution < 1.29 is 0 Å². The highest BCUT2D eigenvalue weighted by molar-refractivity contribution is 5.85. The highest BCUT2D eigenvalue weighted by atomic mass is 35.5. The van der Waals surface area contributed by atoms with Crippen LogP contribution in [0.4, 0.5) is 0 Å². The predicted octanol–water partition coefficient (Wildman–Crippen LogP) is 1.82. The minimum Gasteiger partial charge on any atom is -0.361 e. The number of rotatable bonds is 1. The molecular weight excluding hydrogens is 222 g/mol. The van der Waals surface area contributed by atoms with Crippen LogP contribution in [0.5, 0.6) is 0 Å². The SMILES string of the molecule is Cl.c1ccc2c([C@@H]3CNCCN3)c[nH]c2c1. The van der Waals surface area contributed by atoms with E-state index in [1.165, 1.54) is 16.5 Å². The zero-order chi connectivity index (χ0) is 10.1. The Bertz CT molecular complexity index is 460. The lowest BCUT2D eigenvalue weighted by Gasteiger charge is -2.24. The van der Waals surface area contributed by atoms with E-state index < -0.39 is 0 Å². The van der Waals surface area contributed by atoms with Crippen molar-refractivity contribution >= 4 is 23.3 Å². The van der Waals surface area contributed by atoms with Gasteiger partial charge in [-0.3, -0.25) is 0 Å². The van der Waals surface area contributed by atoms with Gasteiger partial charge in [-0.05, 0) is 11.6 Å². The molecule has 1 aromatic carbocycles. The minimum atomic E-state index is 0. The zero-order valence-corrected chi connectivity index (χ0v) is 9.81. The van der Waals surface area contributed by atoms with Crippen LogP contribution in [0, 0.1) is 0 Å². The third kappa shape index (κ3) is 1.94. The molecule has 4 heteroatoms. The van der Waals surface area contributed by atoms with Crippen LogP contribution in [-0.4, -0.2) is 24.6 Å². The molecule has 0 saturated carbocycles. The number of hydrogen-bond donors (Lipinski definition) is 3.